The van der Waals surface area contributed by atoms with Gasteiger partial charge in [-0.2, -0.15) is 0 Å². The molecule has 1 atom stereocenters. The predicted molar refractivity (Wildman–Crippen MR) is 90.5 cm³/mol. The van der Waals surface area contributed by atoms with Gasteiger partial charge in [-0.25, -0.2) is 0 Å². The molecule has 0 spiro atoms. The Balaban J connectivity index is 1.76. The maximum Gasteiger partial charge on any atom is 0.233 e. The average Bonchev–Trinajstić information content (AvgIpc) is 2.52. The maximum atomic E-state index is 12.0. The topological polar surface area (TPSA) is 29.1 Å². The Hall–Kier alpha value is -1.45. The fraction of sp³-hybridized carbons (Fsp3) is 0.235. The summed E-state index contributed by atoms with van der Waals surface area (Å²) in [4.78, 5) is 12.0. The van der Waals surface area contributed by atoms with E-state index in [1.54, 1.807) is 11.8 Å². The van der Waals surface area contributed by atoms with Gasteiger partial charge in [0.1, 0.15) is 0 Å². The molecule has 4 heteroatoms. The molecule has 0 bridgehead atoms. The van der Waals surface area contributed by atoms with Gasteiger partial charge in [-0.05, 0) is 30.2 Å². The molecule has 0 radical (unpaired) electrons. The van der Waals surface area contributed by atoms with Crippen LogP contribution in [0.3, 0.4) is 0 Å². The summed E-state index contributed by atoms with van der Waals surface area (Å²) in [7, 11) is 0. The minimum Gasteiger partial charge on any atom is -0.351 e. The van der Waals surface area contributed by atoms with Gasteiger partial charge in [-0.3, -0.25) is 4.79 Å². The third-order valence-electron chi connectivity index (χ3n) is 3.09. The monoisotopic (exact) mass is 319 g/mol. The lowest BCUT2D eigenvalue weighted by molar-refractivity contribution is -0.120. The molecule has 1 amide bonds. The van der Waals surface area contributed by atoms with Gasteiger partial charge in [-0.15, -0.1) is 11.8 Å². The summed E-state index contributed by atoms with van der Waals surface area (Å²) in [5, 5.41) is 3.59. The second-order valence-corrected chi connectivity index (χ2v) is 6.55. The van der Waals surface area contributed by atoms with Crippen molar-refractivity contribution in [2.75, 3.05) is 0 Å². The van der Waals surface area contributed by atoms with Gasteiger partial charge in [0.05, 0.1) is 5.25 Å². The normalized spacial score (nSPS) is 11.9. The third-order valence-corrected chi connectivity index (χ3v) is 4.56. The fourth-order valence-corrected chi connectivity index (χ4v) is 2.80. The standard InChI is InChI=1S/C17H18ClNOS/c1-13(21-12-15-5-3-2-4-6-15)17(20)19-11-14-7-9-16(18)10-8-14/h2-10,13H,11-12H2,1H3,(H,19,20)/t13-/m1/s1. The summed E-state index contributed by atoms with van der Waals surface area (Å²) >= 11 is 7.48. The van der Waals surface area contributed by atoms with E-state index in [-0.39, 0.29) is 11.2 Å². The highest BCUT2D eigenvalue weighted by Gasteiger charge is 2.12. The number of hydrogen-bond acceptors (Lipinski definition) is 2. The van der Waals surface area contributed by atoms with Crippen LogP contribution in [0.25, 0.3) is 0 Å². The molecule has 0 unspecified atom stereocenters. The van der Waals surface area contributed by atoms with Crippen molar-refractivity contribution >= 4 is 29.3 Å². The Morgan fingerprint density at radius 3 is 2.43 bits per heavy atom. The van der Waals surface area contributed by atoms with Crippen LogP contribution in [0, 0.1) is 0 Å². The van der Waals surface area contributed by atoms with Crippen LogP contribution < -0.4 is 5.32 Å². The van der Waals surface area contributed by atoms with E-state index in [0.29, 0.717) is 11.6 Å². The molecule has 2 nitrogen and oxygen atoms in total. The van der Waals surface area contributed by atoms with Crippen LogP contribution in [0.15, 0.2) is 54.6 Å². The Labute approximate surface area is 134 Å². The first-order chi connectivity index (χ1) is 10.1. The Kier molecular flexibility index (Phi) is 6.15. The number of benzene rings is 2. The Morgan fingerprint density at radius 2 is 1.76 bits per heavy atom. The number of rotatable bonds is 6. The molecule has 21 heavy (non-hydrogen) atoms. The van der Waals surface area contributed by atoms with Gasteiger partial charge >= 0.3 is 0 Å². The molecule has 2 aromatic rings. The molecule has 0 aliphatic heterocycles. The lowest BCUT2D eigenvalue weighted by atomic mass is 10.2. The van der Waals surface area contributed by atoms with E-state index < -0.39 is 0 Å². The molecule has 0 aromatic heterocycles. The number of carbonyl (C=O) groups is 1. The van der Waals surface area contributed by atoms with Crippen LogP contribution in [-0.2, 0) is 17.1 Å². The SMILES string of the molecule is C[C@@H](SCc1ccccc1)C(=O)NCc1ccc(Cl)cc1. The van der Waals surface area contributed by atoms with Crippen LogP contribution in [-0.4, -0.2) is 11.2 Å². The summed E-state index contributed by atoms with van der Waals surface area (Å²) in [5.74, 6) is 0.905. The minimum absolute atomic E-state index is 0.0610. The molecule has 0 fully saturated rings. The number of nitrogens with one attached hydrogen (secondary N) is 1. The van der Waals surface area contributed by atoms with Gasteiger partial charge in [0.25, 0.3) is 0 Å². The Bertz CT molecular complexity index is 571. The number of amides is 1. The van der Waals surface area contributed by atoms with E-state index in [9.17, 15) is 4.79 Å². The van der Waals surface area contributed by atoms with E-state index in [4.69, 9.17) is 11.6 Å². The third kappa shape index (κ3) is 5.44. The number of halogens is 1. The zero-order chi connectivity index (χ0) is 15.1. The van der Waals surface area contributed by atoms with E-state index in [0.717, 1.165) is 11.3 Å². The van der Waals surface area contributed by atoms with Crippen molar-refractivity contribution in [3.63, 3.8) is 0 Å². The van der Waals surface area contributed by atoms with Crippen molar-refractivity contribution in [3.8, 4) is 0 Å². The van der Waals surface area contributed by atoms with E-state index >= 15 is 0 Å². The minimum atomic E-state index is -0.0718. The smallest absolute Gasteiger partial charge is 0.233 e. The summed E-state index contributed by atoms with van der Waals surface area (Å²) in [6, 6.07) is 17.7. The van der Waals surface area contributed by atoms with Crippen LogP contribution in [0.5, 0.6) is 0 Å². The highest BCUT2D eigenvalue weighted by Crippen LogP contribution is 2.17. The van der Waals surface area contributed by atoms with Gasteiger partial charge in [-0.1, -0.05) is 54.1 Å². The molecule has 2 aromatic carbocycles. The molecular formula is C17H18ClNOS. The average molecular weight is 320 g/mol. The zero-order valence-corrected chi connectivity index (χ0v) is 13.5. The summed E-state index contributed by atoms with van der Waals surface area (Å²) in [5.41, 5.74) is 2.29. The molecule has 2 rings (SSSR count). The second-order valence-electron chi connectivity index (χ2n) is 4.78. The molecule has 110 valence electrons. The van der Waals surface area contributed by atoms with Crippen molar-refractivity contribution in [3.05, 3.63) is 70.7 Å². The van der Waals surface area contributed by atoms with Gasteiger partial charge < -0.3 is 5.32 Å². The number of carbonyl (C=O) groups excluding carboxylic acids is 1. The number of hydrogen-bond donors (Lipinski definition) is 1. The fourth-order valence-electron chi connectivity index (χ4n) is 1.81. The summed E-state index contributed by atoms with van der Waals surface area (Å²) in [6.07, 6.45) is 0. The summed E-state index contributed by atoms with van der Waals surface area (Å²) in [6.45, 7) is 2.47. The lowest BCUT2D eigenvalue weighted by Crippen LogP contribution is -2.30. The summed E-state index contributed by atoms with van der Waals surface area (Å²) < 4.78 is 0. The van der Waals surface area contributed by atoms with E-state index in [1.165, 1.54) is 5.56 Å². The highest BCUT2D eigenvalue weighted by molar-refractivity contribution is 7.99. The van der Waals surface area contributed by atoms with E-state index in [1.807, 2.05) is 49.4 Å². The quantitative estimate of drug-likeness (QED) is 0.861. The first kappa shape index (κ1) is 15.9. The van der Waals surface area contributed by atoms with Crippen LogP contribution in [0.2, 0.25) is 5.02 Å². The van der Waals surface area contributed by atoms with Crippen molar-refractivity contribution in [2.24, 2.45) is 0 Å². The van der Waals surface area contributed by atoms with Gasteiger partial charge in [0, 0.05) is 17.3 Å². The molecule has 0 saturated heterocycles. The first-order valence-corrected chi connectivity index (χ1v) is 8.25. The second kappa shape index (κ2) is 8.11. The van der Waals surface area contributed by atoms with Crippen molar-refractivity contribution in [2.45, 2.75) is 24.5 Å². The largest absolute Gasteiger partial charge is 0.351 e. The molecule has 0 saturated carbocycles. The number of thioether (sulfide) groups is 1. The first-order valence-electron chi connectivity index (χ1n) is 6.83. The van der Waals surface area contributed by atoms with Crippen LogP contribution >= 0.6 is 23.4 Å². The lowest BCUT2D eigenvalue weighted by Gasteiger charge is -2.12. The van der Waals surface area contributed by atoms with E-state index in [2.05, 4.69) is 17.4 Å². The van der Waals surface area contributed by atoms with Crippen LogP contribution in [0.4, 0.5) is 0 Å². The molecule has 0 heterocycles. The van der Waals surface area contributed by atoms with Crippen molar-refractivity contribution in [1.29, 1.82) is 0 Å². The highest BCUT2D eigenvalue weighted by atomic mass is 35.5. The molecular weight excluding hydrogens is 302 g/mol. The molecule has 0 aliphatic carbocycles. The maximum absolute atomic E-state index is 12.0. The Morgan fingerprint density at radius 1 is 1.10 bits per heavy atom. The van der Waals surface area contributed by atoms with Gasteiger partial charge in [0.2, 0.25) is 5.91 Å². The zero-order valence-electron chi connectivity index (χ0n) is 11.9. The van der Waals surface area contributed by atoms with Crippen LogP contribution in [0.1, 0.15) is 18.1 Å². The van der Waals surface area contributed by atoms with Crippen molar-refractivity contribution < 1.29 is 4.79 Å². The molecule has 1 N–H and O–H groups in total. The van der Waals surface area contributed by atoms with Gasteiger partial charge in [0.15, 0.2) is 0 Å². The van der Waals surface area contributed by atoms with Crippen molar-refractivity contribution in [1.82, 2.24) is 5.32 Å². The molecule has 0 aliphatic rings. The predicted octanol–water partition coefficient (Wildman–Crippen LogP) is 4.28.